The topological polar surface area (TPSA) is 93.2 Å². The van der Waals surface area contributed by atoms with Gasteiger partial charge in [0.05, 0.1) is 5.69 Å². The second-order valence-corrected chi connectivity index (χ2v) is 7.65. The van der Waals surface area contributed by atoms with Crippen molar-refractivity contribution in [2.45, 2.75) is 27.7 Å². The number of rotatable bonds is 3. The molecule has 0 aliphatic carbocycles. The van der Waals surface area contributed by atoms with Crippen LogP contribution < -0.4 is 9.80 Å². The minimum Gasteiger partial charge on any atom is -0.353 e. The Morgan fingerprint density at radius 2 is 1.43 bits per heavy atom. The maximum Gasteiger partial charge on any atom is 0.178 e. The molecule has 0 N–H and O–H groups in total. The third-order valence-corrected chi connectivity index (χ3v) is 5.37. The Morgan fingerprint density at radius 3 is 2.13 bits per heavy atom. The van der Waals surface area contributed by atoms with Crippen LogP contribution in [0.3, 0.4) is 0 Å². The first kappa shape index (κ1) is 18.5. The highest BCUT2D eigenvalue weighted by molar-refractivity contribution is 5.50. The van der Waals surface area contributed by atoms with Crippen molar-refractivity contribution in [2.24, 2.45) is 0 Å². The smallest absolute Gasteiger partial charge is 0.178 e. The summed E-state index contributed by atoms with van der Waals surface area (Å²) in [6, 6.07) is 8.04. The third-order valence-electron chi connectivity index (χ3n) is 5.37. The van der Waals surface area contributed by atoms with Crippen LogP contribution in [0.25, 0.3) is 11.5 Å². The predicted octanol–water partition coefficient (Wildman–Crippen LogP) is 1.66. The van der Waals surface area contributed by atoms with Crippen LogP contribution in [0.5, 0.6) is 0 Å². The summed E-state index contributed by atoms with van der Waals surface area (Å²) in [6.07, 6.45) is 0. The highest BCUT2D eigenvalue weighted by Crippen LogP contribution is 2.21. The zero-order chi connectivity index (χ0) is 20.8. The van der Waals surface area contributed by atoms with E-state index in [1.165, 1.54) is 0 Å². The number of hydrogen-bond acceptors (Lipinski definition) is 8. The molecule has 4 aromatic rings. The molecule has 10 nitrogen and oxygen atoms in total. The maximum absolute atomic E-state index is 4.70. The van der Waals surface area contributed by atoms with E-state index in [1.807, 2.05) is 50.6 Å². The summed E-state index contributed by atoms with van der Waals surface area (Å²) in [4.78, 5) is 13.9. The van der Waals surface area contributed by atoms with Crippen molar-refractivity contribution >= 4 is 17.3 Å². The van der Waals surface area contributed by atoms with E-state index in [0.717, 1.165) is 72.3 Å². The minimum atomic E-state index is 0.743. The van der Waals surface area contributed by atoms with E-state index in [-0.39, 0.29) is 0 Å². The molecule has 0 amide bonds. The highest BCUT2D eigenvalue weighted by Gasteiger charge is 2.21. The van der Waals surface area contributed by atoms with Gasteiger partial charge in [0.25, 0.3) is 0 Å². The van der Waals surface area contributed by atoms with Crippen LogP contribution >= 0.6 is 0 Å². The Hall–Kier alpha value is -3.56. The molecule has 5 heterocycles. The molecule has 0 spiro atoms. The Balaban J connectivity index is 1.36. The number of fused-ring (bicyclic) bond motifs is 1. The highest BCUT2D eigenvalue weighted by atomic mass is 15.4. The molecule has 4 aromatic heterocycles. The second kappa shape index (κ2) is 7.05. The van der Waals surface area contributed by atoms with Gasteiger partial charge >= 0.3 is 0 Å². The molecule has 5 rings (SSSR count). The van der Waals surface area contributed by atoms with E-state index in [2.05, 4.69) is 41.1 Å². The standard InChI is InChI=1S/C20H24N10/c1-13-11-14(2)29(25-13)20-12-19(21-15(3)22-20)28-9-7-27(8-10-28)18-6-5-17-24-23-16(4)30(17)26-18/h5-6,11-12H,7-10H2,1-4H3. The van der Waals surface area contributed by atoms with Gasteiger partial charge in [-0.05, 0) is 45.9 Å². The molecular weight excluding hydrogens is 380 g/mol. The quantitative estimate of drug-likeness (QED) is 0.509. The van der Waals surface area contributed by atoms with Gasteiger partial charge in [0, 0.05) is 37.9 Å². The van der Waals surface area contributed by atoms with Crippen LogP contribution in [-0.2, 0) is 0 Å². The van der Waals surface area contributed by atoms with Gasteiger partial charge < -0.3 is 9.80 Å². The third kappa shape index (κ3) is 3.23. The summed E-state index contributed by atoms with van der Waals surface area (Å²) in [6.45, 7) is 11.3. The molecular formula is C20H24N10. The normalized spacial score (nSPS) is 14.7. The molecule has 154 valence electrons. The van der Waals surface area contributed by atoms with Crippen molar-refractivity contribution < 1.29 is 0 Å². The largest absolute Gasteiger partial charge is 0.353 e. The fourth-order valence-corrected chi connectivity index (χ4v) is 3.89. The monoisotopic (exact) mass is 404 g/mol. The van der Waals surface area contributed by atoms with E-state index in [4.69, 9.17) is 5.10 Å². The lowest BCUT2D eigenvalue weighted by Gasteiger charge is -2.36. The number of nitrogens with zero attached hydrogens (tertiary/aromatic N) is 10. The van der Waals surface area contributed by atoms with E-state index >= 15 is 0 Å². The first-order chi connectivity index (χ1) is 14.5. The van der Waals surface area contributed by atoms with Gasteiger partial charge in [-0.25, -0.2) is 14.6 Å². The molecule has 0 atom stereocenters. The SMILES string of the molecule is Cc1cc(C)n(-c2cc(N3CCN(c4ccc5nnc(C)n5n4)CC3)nc(C)n2)n1. The van der Waals surface area contributed by atoms with Crippen LogP contribution in [0.15, 0.2) is 24.3 Å². The molecule has 0 unspecified atom stereocenters. The van der Waals surface area contributed by atoms with E-state index < -0.39 is 0 Å². The van der Waals surface area contributed by atoms with Crippen LogP contribution in [0.2, 0.25) is 0 Å². The minimum absolute atomic E-state index is 0.743. The number of hydrogen-bond donors (Lipinski definition) is 0. The summed E-state index contributed by atoms with van der Waals surface area (Å²) < 4.78 is 3.67. The molecule has 1 fully saturated rings. The van der Waals surface area contributed by atoms with Crippen LogP contribution in [0.1, 0.15) is 23.0 Å². The van der Waals surface area contributed by atoms with Gasteiger partial charge in [-0.15, -0.1) is 15.3 Å². The van der Waals surface area contributed by atoms with Crippen molar-refractivity contribution in [1.82, 2.24) is 39.6 Å². The van der Waals surface area contributed by atoms with Gasteiger partial charge in [0.1, 0.15) is 17.5 Å². The number of anilines is 2. The molecule has 10 heteroatoms. The van der Waals surface area contributed by atoms with E-state index in [1.54, 1.807) is 4.52 Å². The number of aryl methyl sites for hydroxylation is 4. The molecule has 0 saturated carbocycles. The molecule has 1 aliphatic heterocycles. The van der Waals surface area contributed by atoms with Crippen LogP contribution in [0.4, 0.5) is 11.6 Å². The van der Waals surface area contributed by atoms with Crippen LogP contribution in [0, 0.1) is 27.7 Å². The molecule has 0 bridgehead atoms. The van der Waals surface area contributed by atoms with Crippen molar-refractivity contribution in [1.29, 1.82) is 0 Å². The zero-order valence-electron chi connectivity index (χ0n) is 17.6. The Kier molecular flexibility index (Phi) is 4.34. The van der Waals surface area contributed by atoms with Crippen molar-refractivity contribution in [3.63, 3.8) is 0 Å². The van der Waals surface area contributed by atoms with Gasteiger partial charge in [-0.1, -0.05) is 0 Å². The maximum atomic E-state index is 4.70. The van der Waals surface area contributed by atoms with E-state index in [0.29, 0.717) is 0 Å². The number of aromatic nitrogens is 8. The van der Waals surface area contributed by atoms with Gasteiger partial charge in [0.15, 0.2) is 17.3 Å². The zero-order valence-corrected chi connectivity index (χ0v) is 17.6. The lowest BCUT2D eigenvalue weighted by molar-refractivity contribution is 0.632. The average molecular weight is 404 g/mol. The van der Waals surface area contributed by atoms with Crippen molar-refractivity contribution in [3.8, 4) is 5.82 Å². The summed E-state index contributed by atoms with van der Waals surface area (Å²) in [5, 5.41) is 17.5. The van der Waals surface area contributed by atoms with Gasteiger partial charge in [-0.2, -0.15) is 9.61 Å². The first-order valence-electron chi connectivity index (χ1n) is 10.1. The molecule has 1 aliphatic rings. The second-order valence-electron chi connectivity index (χ2n) is 7.65. The fourth-order valence-electron chi connectivity index (χ4n) is 3.89. The molecule has 0 aromatic carbocycles. The number of piperazine rings is 1. The lowest BCUT2D eigenvalue weighted by atomic mass is 10.3. The fraction of sp³-hybridized carbons (Fsp3) is 0.400. The Labute approximate surface area is 174 Å². The van der Waals surface area contributed by atoms with Gasteiger partial charge in [-0.3, -0.25) is 0 Å². The summed E-state index contributed by atoms with van der Waals surface area (Å²) in [5.74, 6) is 4.21. The molecule has 30 heavy (non-hydrogen) atoms. The molecule has 1 saturated heterocycles. The Bertz CT molecular complexity index is 1220. The van der Waals surface area contributed by atoms with E-state index in [9.17, 15) is 0 Å². The lowest BCUT2D eigenvalue weighted by Crippen LogP contribution is -2.47. The van der Waals surface area contributed by atoms with Gasteiger partial charge in [0.2, 0.25) is 0 Å². The van der Waals surface area contributed by atoms with Crippen molar-refractivity contribution in [3.05, 3.63) is 47.3 Å². The summed E-state index contributed by atoms with van der Waals surface area (Å²) in [5.41, 5.74) is 2.81. The summed E-state index contributed by atoms with van der Waals surface area (Å²) in [7, 11) is 0. The first-order valence-corrected chi connectivity index (χ1v) is 10.1. The average Bonchev–Trinajstić information content (AvgIpc) is 3.28. The van der Waals surface area contributed by atoms with Crippen LogP contribution in [-0.4, -0.2) is 65.7 Å². The molecule has 0 radical (unpaired) electrons. The Morgan fingerprint density at radius 1 is 0.733 bits per heavy atom. The predicted molar refractivity (Wildman–Crippen MR) is 113 cm³/mol. The summed E-state index contributed by atoms with van der Waals surface area (Å²) >= 11 is 0. The van der Waals surface area contributed by atoms with Crippen molar-refractivity contribution in [2.75, 3.05) is 36.0 Å².